The van der Waals surface area contributed by atoms with Gasteiger partial charge in [-0.05, 0) is 17.8 Å². The fourth-order valence-corrected chi connectivity index (χ4v) is 1.62. The average molecular weight is 185 g/mol. The number of hydrogen-bond donors (Lipinski definition) is 1. The molecule has 0 aromatic carbocycles. The highest BCUT2D eigenvalue weighted by Gasteiger charge is 2.46. The average Bonchev–Trinajstić information content (AvgIpc) is 2.58. The summed E-state index contributed by atoms with van der Waals surface area (Å²) < 4.78 is 5.20. The first-order valence-corrected chi connectivity index (χ1v) is 5.22. The molecule has 1 N–H and O–H groups in total. The second-order valence-corrected chi connectivity index (χ2v) is 5.22. The highest BCUT2D eigenvalue weighted by molar-refractivity contribution is 5.02. The van der Waals surface area contributed by atoms with Crippen molar-refractivity contribution in [2.45, 2.75) is 46.2 Å². The van der Waals surface area contributed by atoms with Crippen molar-refractivity contribution in [1.29, 1.82) is 0 Å². The van der Waals surface area contributed by atoms with Crippen LogP contribution in [-0.4, -0.2) is 25.8 Å². The lowest BCUT2D eigenvalue weighted by Gasteiger charge is -2.22. The zero-order valence-electron chi connectivity index (χ0n) is 9.55. The molecule has 1 fully saturated rings. The topological polar surface area (TPSA) is 21.3 Å². The molecular weight excluding hydrogens is 162 g/mol. The predicted molar refractivity (Wildman–Crippen MR) is 55.8 cm³/mol. The van der Waals surface area contributed by atoms with Crippen LogP contribution in [0.3, 0.4) is 0 Å². The molecule has 1 saturated carbocycles. The van der Waals surface area contributed by atoms with Gasteiger partial charge in [0.1, 0.15) is 0 Å². The summed E-state index contributed by atoms with van der Waals surface area (Å²) in [5.41, 5.74) is 0.515. The van der Waals surface area contributed by atoms with Crippen molar-refractivity contribution >= 4 is 0 Å². The summed E-state index contributed by atoms with van der Waals surface area (Å²) in [5.74, 6) is 0.649. The van der Waals surface area contributed by atoms with Gasteiger partial charge < -0.3 is 10.1 Å². The zero-order valence-corrected chi connectivity index (χ0v) is 9.55. The van der Waals surface area contributed by atoms with Crippen molar-refractivity contribution in [3.05, 3.63) is 0 Å². The summed E-state index contributed by atoms with van der Waals surface area (Å²) in [5, 5.41) is 3.66. The Morgan fingerprint density at radius 1 is 1.46 bits per heavy atom. The molecule has 0 heterocycles. The summed E-state index contributed by atoms with van der Waals surface area (Å²) in [7, 11) is 1.77. The third kappa shape index (κ3) is 2.96. The third-order valence-electron chi connectivity index (χ3n) is 3.08. The lowest BCUT2D eigenvalue weighted by atomic mass is 10.0. The normalized spacial score (nSPS) is 27.7. The molecule has 0 aromatic rings. The molecule has 0 saturated heterocycles. The smallest absolute Gasteiger partial charge is 0.0618 e. The van der Waals surface area contributed by atoms with Crippen molar-refractivity contribution < 1.29 is 4.74 Å². The van der Waals surface area contributed by atoms with E-state index < -0.39 is 0 Å². The summed E-state index contributed by atoms with van der Waals surface area (Å²) in [6.07, 6.45) is 1.31. The third-order valence-corrected chi connectivity index (χ3v) is 3.08. The summed E-state index contributed by atoms with van der Waals surface area (Å²) in [4.78, 5) is 0. The van der Waals surface area contributed by atoms with Gasteiger partial charge in [-0.3, -0.25) is 0 Å². The van der Waals surface area contributed by atoms with Gasteiger partial charge in [-0.2, -0.15) is 0 Å². The van der Waals surface area contributed by atoms with Gasteiger partial charge in [0.05, 0.1) is 6.61 Å². The number of ether oxygens (including phenoxy) is 1. The first-order valence-electron chi connectivity index (χ1n) is 5.22. The second kappa shape index (κ2) is 3.97. The van der Waals surface area contributed by atoms with E-state index in [1.165, 1.54) is 6.42 Å². The Bertz CT molecular complexity index is 165. The molecule has 78 valence electrons. The van der Waals surface area contributed by atoms with Gasteiger partial charge in [0.15, 0.2) is 0 Å². The fraction of sp³-hybridized carbons (Fsp3) is 1.00. The van der Waals surface area contributed by atoms with Crippen molar-refractivity contribution in [1.82, 2.24) is 5.32 Å². The van der Waals surface area contributed by atoms with Crippen LogP contribution in [0.1, 0.15) is 34.1 Å². The van der Waals surface area contributed by atoms with Crippen LogP contribution in [0.15, 0.2) is 0 Å². The molecule has 2 heteroatoms. The largest absolute Gasteiger partial charge is 0.383 e. The Morgan fingerprint density at radius 3 is 2.31 bits per heavy atom. The second-order valence-electron chi connectivity index (χ2n) is 5.22. The Morgan fingerprint density at radius 2 is 2.00 bits per heavy atom. The number of nitrogens with one attached hydrogen (secondary N) is 1. The quantitative estimate of drug-likeness (QED) is 0.708. The maximum absolute atomic E-state index is 5.20. The highest BCUT2D eigenvalue weighted by atomic mass is 16.5. The molecule has 1 rings (SSSR count). The Kier molecular flexibility index (Phi) is 3.36. The molecule has 1 aliphatic carbocycles. The van der Waals surface area contributed by atoms with E-state index in [-0.39, 0.29) is 0 Å². The minimum atomic E-state index is 0.511. The summed E-state index contributed by atoms with van der Waals surface area (Å²) in [6.45, 7) is 9.94. The van der Waals surface area contributed by atoms with Crippen molar-refractivity contribution in [3.63, 3.8) is 0 Å². The fourth-order valence-electron chi connectivity index (χ4n) is 1.62. The molecule has 0 radical (unpaired) electrons. The van der Waals surface area contributed by atoms with Crippen LogP contribution in [0, 0.1) is 11.3 Å². The number of hydrogen-bond acceptors (Lipinski definition) is 2. The van der Waals surface area contributed by atoms with Crippen LogP contribution >= 0.6 is 0 Å². The van der Waals surface area contributed by atoms with E-state index in [0.29, 0.717) is 23.4 Å². The van der Waals surface area contributed by atoms with Gasteiger partial charge >= 0.3 is 0 Å². The van der Waals surface area contributed by atoms with Crippen molar-refractivity contribution in [2.24, 2.45) is 11.3 Å². The first kappa shape index (κ1) is 11.0. The van der Waals surface area contributed by atoms with Crippen LogP contribution in [0.5, 0.6) is 0 Å². The molecule has 2 atom stereocenters. The minimum Gasteiger partial charge on any atom is -0.383 e. The van der Waals surface area contributed by atoms with Gasteiger partial charge in [-0.1, -0.05) is 27.7 Å². The zero-order chi connectivity index (χ0) is 10.1. The van der Waals surface area contributed by atoms with E-state index in [9.17, 15) is 0 Å². The molecule has 2 nitrogen and oxygen atoms in total. The molecule has 1 aliphatic rings. The van der Waals surface area contributed by atoms with Gasteiger partial charge in [-0.15, -0.1) is 0 Å². The van der Waals surface area contributed by atoms with Crippen molar-refractivity contribution in [3.8, 4) is 0 Å². The predicted octanol–water partition coefficient (Wildman–Crippen LogP) is 2.05. The molecule has 0 bridgehead atoms. The minimum absolute atomic E-state index is 0.511. The summed E-state index contributed by atoms with van der Waals surface area (Å²) >= 11 is 0. The van der Waals surface area contributed by atoms with Crippen molar-refractivity contribution in [2.75, 3.05) is 13.7 Å². The van der Waals surface area contributed by atoms with Gasteiger partial charge in [0.2, 0.25) is 0 Å². The molecule has 0 aliphatic heterocycles. The number of methoxy groups -OCH3 is 1. The van der Waals surface area contributed by atoms with Crippen LogP contribution in [-0.2, 0) is 4.74 Å². The summed E-state index contributed by atoms with van der Waals surface area (Å²) in [6, 6.07) is 1.21. The van der Waals surface area contributed by atoms with Crippen LogP contribution in [0.2, 0.25) is 0 Å². The molecule has 0 amide bonds. The van der Waals surface area contributed by atoms with E-state index in [0.717, 1.165) is 6.61 Å². The standard InChI is InChI=1S/C11H23NO/c1-8(2)9(7-13-5)12-10-6-11(10,3)4/h8-10,12H,6-7H2,1-5H3. The lowest BCUT2D eigenvalue weighted by molar-refractivity contribution is 0.144. The Balaban J connectivity index is 2.31. The van der Waals surface area contributed by atoms with Crippen LogP contribution < -0.4 is 5.32 Å². The first-order chi connectivity index (χ1) is 5.97. The van der Waals surface area contributed by atoms with E-state index in [1.807, 2.05) is 0 Å². The molecule has 2 unspecified atom stereocenters. The monoisotopic (exact) mass is 185 g/mol. The van der Waals surface area contributed by atoms with E-state index in [4.69, 9.17) is 4.74 Å². The molecule has 13 heavy (non-hydrogen) atoms. The van der Waals surface area contributed by atoms with E-state index in [2.05, 4.69) is 33.0 Å². The Labute approximate surface area is 82.0 Å². The molecule has 0 spiro atoms. The molecule has 0 aromatic heterocycles. The maximum Gasteiger partial charge on any atom is 0.0618 e. The SMILES string of the molecule is COCC(NC1CC1(C)C)C(C)C. The van der Waals surface area contributed by atoms with Gasteiger partial charge in [-0.25, -0.2) is 0 Å². The van der Waals surface area contributed by atoms with E-state index in [1.54, 1.807) is 7.11 Å². The Hall–Kier alpha value is -0.0800. The lowest BCUT2D eigenvalue weighted by Crippen LogP contribution is -2.40. The highest BCUT2D eigenvalue weighted by Crippen LogP contribution is 2.45. The van der Waals surface area contributed by atoms with Gasteiger partial charge in [0.25, 0.3) is 0 Å². The van der Waals surface area contributed by atoms with E-state index >= 15 is 0 Å². The van der Waals surface area contributed by atoms with Crippen LogP contribution in [0.4, 0.5) is 0 Å². The van der Waals surface area contributed by atoms with Crippen LogP contribution in [0.25, 0.3) is 0 Å². The molecular formula is C11H23NO. The van der Waals surface area contributed by atoms with Gasteiger partial charge in [0, 0.05) is 19.2 Å². The number of rotatable bonds is 5. The maximum atomic E-state index is 5.20.